The van der Waals surface area contributed by atoms with Crippen LogP contribution < -0.4 is 0 Å². The third-order valence-electron chi connectivity index (χ3n) is 3.87. The van der Waals surface area contributed by atoms with Gasteiger partial charge in [0.2, 0.25) is 0 Å². The van der Waals surface area contributed by atoms with E-state index in [4.69, 9.17) is 16.3 Å². The van der Waals surface area contributed by atoms with Gasteiger partial charge in [0, 0.05) is 17.1 Å². The van der Waals surface area contributed by atoms with Crippen LogP contribution in [0.2, 0.25) is 5.02 Å². The summed E-state index contributed by atoms with van der Waals surface area (Å²) >= 11 is 6.07. The van der Waals surface area contributed by atoms with E-state index in [1.165, 1.54) is 0 Å². The summed E-state index contributed by atoms with van der Waals surface area (Å²) in [6, 6.07) is 5.77. The van der Waals surface area contributed by atoms with E-state index in [0.29, 0.717) is 18.0 Å². The lowest BCUT2D eigenvalue weighted by Crippen LogP contribution is -2.40. The summed E-state index contributed by atoms with van der Waals surface area (Å²) in [6.07, 6.45) is 1.40. The number of ether oxygens (including phenoxy) is 1. The molecule has 2 aliphatic rings. The second kappa shape index (κ2) is 4.32. The molecule has 0 spiro atoms. The van der Waals surface area contributed by atoms with Crippen molar-refractivity contribution < 1.29 is 9.53 Å². The lowest BCUT2D eigenvalue weighted by molar-refractivity contribution is -0.163. The Labute approximate surface area is 124 Å². The molecular weight excluding hydrogens is 274 g/mol. The van der Waals surface area contributed by atoms with Crippen LogP contribution in [0.1, 0.15) is 38.3 Å². The minimum Gasteiger partial charge on any atom is -0.459 e. The van der Waals surface area contributed by atoms with E-state index in [-0.39, 0.29) is 5.97 Å². The SMILES string of the molecule is CC(C)(C)OC(=O)[C@]12CCN=C1c1cc(Cl)ccc1C2. The molecule has 1 aromatic carbocycles. The summed E-state index contributed by atoms with van der Waals surface area (Å²) in [5, 5.41) is 0.679. The molecule has 3 nitrogen and oxygen atoms in total. The molecule has 0 fully saturated rings. The Kier molecular flexibility index (Phi) is 2.94. The van der Waals surface area contributed by atoms with Crippen LogP contribution >= 0.6 is 11.6 Å². The van der Waals surface area contributed by atoms with Crippen molar-refractivity contribution in [3.8, 4) is 0 Å². The molecular formula is C16H18ClNO2. The third kappa shape index (κ3) is 2.05. The van der Waals surface area contributed by atoms with Crippen molar-refractivity contribution in [3.63, 3.8) is 0 Å². The highest BCUT2D eigenvalue weighted by Crippen LogP contribution is 2.45. The van der Waals surface area contributed by atoms with Gasteiger partial charge in [0.1, 0.15) is 11.0 Å². The molecule has 4 heteroatoms. The first kappa shape index (κ1) is 13.6. The van der Waals surface area contributed by atoms with Crippen LogP contribution in [0.25, 0.3) is 0 Å². The number of esters is 1. The molecule has 0 aromatic heterocycles. The summed E-state index contributed by atoms with van der Waals surface area (Å²) in [7, 11) is 0. The molecule has 3 rings (SSSR count). The van der Waals surface area contributed by atoms with E-state index in [1.54, 1.807) is 0 Å². The Morgan fingerprint density at radius 2 is 2.15 bits per heavy atom. The number of hydrogen-bond donors (Lipinski definition) is 0. The van der Waals surface area contributed by atoms with Gasteiger partial charge >= 0.3 is 5.97 Å². The van der Waals surface area contributed by atoms with Gasteiger partial charge in [0.05, 0.1) is 5.71 Å². The van der Waals surface area contributed by atoms with Gasteiger partial charge in [-0.15, -0.1) is 0 Å². The quantitative estimate of drug-likeness (QED) is 0.744. The molecule has 0 radical (unpaired) electrons. The minimum absolute atomic E-state index is 0.159. The third-order valence-corrected chi connectivity index (χ3v) is 4.11. The maximum absolute atomic E-state index is 12.7. The number of aliphatic imine (C=N–C) groups is 1. The lowest BCUT2D eigenvalue weighted by atomic mass is 9.81. The number of rotatable bonds is 1. The van der Waals surface area contributed by atoms with Crippen LogP contribution in [0.4, 0.5) is 0 Å². The molecule has 0 bridgehead atoms. The molecule has 1 aliphatic heterocycles. The number of fused-ring (bicyclic) bond motifs is 3. The molecule has 106 valence electrons. The van der Waals surface area contributed by atoms with Crippen LogP contribution in [0.3, 0.4) is 0 Å². The molecule has 20 heavy (non-hydrogen) atoms. The van der Waals surface area contributed by atoms with Crippen molar-refractivity contribution in [1.82, 2.24) is 0 Å². The van der Waals surface area contributed by atoms with E-state index >= 15 is 0 Å². The van der Waals surface area contributed by atoms with Crippen LogP contribution in [-0.2, 0) is 16.0 Å². The highest BCUT2D eigenvalue weighted by molar-refractivity contribution is 6.31. The minimum atomic E-state index is -0.597. The highest BCUT2D eigenvalue weighted by Gasteiger charge is 2.53. The predicted octanol–water partition coefficient (Wildman–Crippen LogP) is 3.42. The topological polar surface area (TPSA) is 38.7 Å². The average Bonchev–Trinajstić information content (AvgIpc) is 2.84. The Bertz CT molecular complexity index is 615. The van der Waals surface area contributed by atoms with Crippen molar-refractivity contribution >= 4 is 23.3 Å². The first-order valence-electron chi connectivity index (χ1n) is 6.89. The molecule has 1 aromatic rings. The molecule has 1 heterocycles. The normalized spacial score (nSPS) is 24.1. The molecule has 0 saturated carbocycles. The number of benzene rings is 1. The fourth-order valence-electron chi connectivity index (χ4n) is 3.04. The molecule has 1 aliphatic carbocycles. The zero-order valence-corrected chi connectivity index (χ0v) is 12.8. The maximum Gasteiger partial charge on any atom is 0.319 e. The second-order valence-electron chi connectivity index (χ2n) is 6.54. The van der Waals surface area contributed by atoms with Gasteiger partial charge in [-0.05, 0) is 51.3 Å². The maximum atomic E-state index is 12.7. The van der Waals surface area contributed by atoms with E-state index in [2.05, 4.69) is 4.99 Å². The Balaban J connectivity index is 2.01. The summed E-state index contributed by atoms with van der Waals surface area (Å²) in [4.78, 5) is 17.2. The summed E-state index contributed by atoms with van der Waals surface area (Å²) < 4.78 is 5.64. The lowest BCUT2D eigenvalue weighted by Gasteiger charge is -2.28. The average molecular weight is 292 g/mol. The van der Waals surface area contributed by atoms with Gasteiger partial charge in [-0.2, -0.15) is 0 Å². The molecule has 0 N–H and O–H groups in total. The summed E-state index contributed by atoms with van der Waals surface area (Å²) in [6.45, 7) is 6.37. The van der Waals surface area contributed by atoms with Crippen molar-refractivity contribution in [2.24, 2.45) is 10.4 Å². The Morgan fingerprint density at radius 3 is 2.85 bits per heavy atom. The van der Waals surface area contributed by atoms with Gasteiger partial charge < -0.3 is 4.74 Å². The van der Waals surface area contributed by atoms with Crippen LogP contribution in [-0.4, -0.2) is 23.8 Å². The standard InChI is InChI=1S/C16H18ClNO2/c1-15(2,3)20-14(19)16-6-7-18-13(16)12-8-11(17)5-4-10(12)9-16/h4-5,8H,6-7,9H2,1-3H3/t16-/m0/s1. The Morgan fingerprint density at radius 1 is 1.40 bits per heavy atom. The van der Waals surface area contributed by atoms with E-state index in [0.717, 1.165) is 23.3 Å². The van der Waals surface area contributed by atoms with Crippen LogP contribution in [0, 0.1) is 5.41 Å². The van der Waals surface area contributed by atoms with E-state index < -0.39 is 11.0 Å². The first-order valence-corrected chi connectivity index (χ1v) is 7.27. The molecule has 0 unspecified atom stereocenters. The fraction of sp³-hybridized carbons (Fsp3) is 0.500. The van der Waals surface area contributed by atoms with Gasteiger partial charge in [0.15, 0.2) is 0 Å². The highest BCUT2D eigenvalue weighted by atomic mass is 35.5. The van der Waals surface area contributed by atoms with E-state index in [1.807, 2.05) is 39.0 Å². The van der Waals surface area contributed by atoms with Crippen molar-refractivity contribution in [3.05, 3.63) is 34.3 Å². The van der Waals surface area contributed by atoms with Gasteiger partial charge in [-0.1, -0.05) is 17.7 Å². The molecule has 0 amide bonds. The summed E-state index contributed by atoms with van der Waals surface area (Å²) in [5.74, 6) is -0.159. The first-order chi connectivity index (χ1) is 9.32. The predicted molar refractivity (Wildman–Crippen MR) is 79.5 cm³/mol. The van der Waals surface area contributed by atoms with Gasteiger partial charge in [0.25, 0.3) is 0 Å². The van der Waals surface area contributed by atoms with E-state index in [9.17, 15) is 4.79 Å². The number of nitrogens with zero attached hydrogens (tertiary/aromatic N) is 1. The van der Waals surface area contributed by atoms with Gasteiger partial charge in [-0.25, -0.2) is 0 Å². The fourth-order valence-corrected chi connectivity index (χ4v) is 3.21. The van der Waals surface area contributed by atoms with Crippen LogP contribution in [0.15, 0.2) is 23.2 Å². The number of hydrogen-bond acceptors (Lipinski definition) is 3. The zero-order valence-electron chi connectivity index (χ0n) is 12.0. The summed E-state index contributed by atoms with van der Waals surface area (Å²) in [5.41, 5.74) is 1.94. The smallest absolute Gasteiger partial charge is 0.319 e. The second-order valence-corrected chi connectivity index (χ2v) is 6.98. The van der Waals surface area contributed by atoms with Crippen molar-refractivity contribution in [2.75, 3.05) is 6.54 Å². The van der Waals surface area contributed by atoms with Gasteiger partial charge in [-0.3, -0.25) is 9.79 Å². The van der Waals surface area contributed by atoms with Crippen molar-refractivity contribution in [2.45, 2.75) is 39.2 Å². The monoisotopic (exact) mass is 291 g/mol. The van der Waals surface area contributed by atoms with Crippen molar-refractivity contribution in [1.29, 1.82) is 0 Å². The molecule has 1 atom stereocenters. The van der Waals surface area contributed by atoms with Crippen LogP contribution in [0.5, 0.6) is 0 Å². The number of carbonyl (C=O) groups is 1. The zero-order chi connectivity index (χ0) is 14.5. The number of halogens is 1. The Hall–Kier alpha value is -1.35. The number of carbonyl (C=O) groups excluding carboxylic acids is 1. The largest absolute Gasteiger partial charge is 0.459 e. The molecule has 0 saturated heterocycles.